The fraction of sp³-hybridized carbons (Fsp3) is 0.652. The lowest BCUT2D eigenvalue weighted by molar-refractivity contribution is -0.154. The van der Waals surface area contributed by atoms with Crippen LogP contribution >= 0.6 is 0 Å². The standard InChI is InChI=1S/C23H31NO3/c1-14-17-9-11-23(3)12-10-18(15(2)20(23)21(17)27-22(14)26)24-19(25)13-16-7-5-4-6-8-16/h4-8,14-15,17-18,20-21H,9-13H2,1-3H3,(H,24,25)/t14-,15-,17-,18-,20+,21+,23+/m0/s1. The van der Waals surface area contributed by atoms with Gasteiger partial charge in [-0.3, -0.25) is 9.59 Å². The lowest BCUT2D eigenvalue weighted by atomic mass is 9.52. The SMILES string of the molecule is C[C@@H]1[C@@H]2[C@@H]3OC(=O)[C@@H](C)[C@@H]3CC[C@]2(C)CC[C@@H]1NC(=O)Cc1ccccc1. The molecule has 2 saturated carbocycles. The molecule has 1 saturated heterocycles. The third kappa shape index (κ3) is 3.28. The third-order valence-corrected chi connectivity index (χ3v) is 7.68. The fourth-order valence-corrected chi connectivity index (χ4v) is 6.07. The molecule has 1 aliphatic heterocycles. The molecule has 2 aliphatic carbocycles. The molecule has 3 aliphatic rings. The normalized spacial score (nSPS) is 40.6. The van der Waals surface area contributed by atoms with Gasteiger partial charge in [-0.05, 0) is 42.6 Å². The molecule has 1 N–H and O–H groups in total. The summed E-state index contributed by atoms with van der Waals surface area (Å²) in [7, 11) is 0. The van der Waals surface area contributed by atoms with E-state index in [0.717, 1.165) is 31.2 Å². The molecule has 7 atom stereocenters. The van der Waals surface area contributed by atoms with E-state index in [2.05, 4.69) is 19.2 Å². The lowest BCUT2D eigenvalue weighted by Gasteiger charge is -2.54. The van der Waals surface area contributed by atoms with Gasteiger partial charge in [0.15, 0.2) is 0 Å². The zero-order valence-corrected chi connectivity index (χ0v) is 16.6. The minimum atomic E-state index is -0.0308. The summed E-state index contributed by atoms with van der Waals surface area (Å²) in [6.07, 6.45) is 4.79. The van der Waals surface area contributed by atoms with E-state index in [1.54, 1.807) is 0 Å². The van der Waals surface area contributed by atoms with Crippen LogP contribution in [0.1, 0.15) is 52.0 Å². The number of benzene rings is 1. The Balaban J connectivity index is 1.47. The fourth-order valence-electron chi connectivity index (χ4n) is 6.07. The summed E-state index contributed by atoms with van der Waals surface area (Å²) >= 11 is 0. The molecule has 4 nitrogen and oxygen atoms in total. The highest BCUT2D eigenvalue weighted by Crippen LogP contribution is 2.57. The van der Waals surface area contributed by atoms with Crippen LogP contribution in [0.2, 0.25) is 0 Å². The summed E-state index contributed by atoms with van der Waals surface area (Å²) in [5.41, 5.74) is 1.26. The Morgan fingerprint density at radius 1 is 1.19 bits per heavy atom. The number of fused-ring (bicyclic) bond motifs is 3. The second-order valence-electron chi connectivity index (χ2n) is 9.31. The molecule has 1 heterocycles. The zero-order valence-electron chi connectivity index (χ0n) is 16.6. The van der Waals surface area contributed by atoms with Gasteiger partial charge < -0.3 is 10.1 Å². The maximum absolute atomic E-state index is 12.6. The number of carbonyl (C=O) groups is 2. The van der Waals surface area contributed by atoms with E-state index < -0.39 is 0 Å². The van der Waals surface area contributed by atoms with Gasteiger partial charge in [0, 0.05) is 17.9 Å². The molecule has 1 aromatic rings. The van der Waals surface area contributed by atoms with Gasteiger partial charge in [0.05, 0.1) is 12.3 Å². The highest BCUT2D eigenvalue weighted by Gasteiger charge is 2.58. The van der Waals surface area contributed by atoms with Crippen molar-refractivity contribution >= 4 is 11.9 Å². The van der Waals surface area contributed by atoms with Gasteiger partial charge in [-0.2, -0.15) is 0 Å². The second-order valence-corrected chi connectivity index (χ2v) is 9.31. The number of amides is 1. The number of esters is 1. The summed E-state index contributed by atoms with van der Waals surface area (Å²) in [4.78, 5) is 24.8. The summed E-state index contributed by atoms with van der Waals surface area (Å²) in [5, 5.41) is 3.29. The smallest absolute Gasteiger partial charge is 0.309 e. The van der Waals surface area contributed by atoms with Crippen LogP contribution in [0.4, 0.5) is 0 Å². The zero-order chi connectivity index (χ0) is 19.2. The second kappa shape index (κ2) is 6.96. The van der Waals surface area contributed by atoms with Gasteiger partial charge in [-0.15, -0.1) is 0 Å². The molecular formula is C23H31NO3. The Morgan fingerprint density at radius 3 is 2.63 bits per heavy atom. The first-order valence-electron chi connectivity index (χ1n) is 10.4. The number of hydrogen-bond donors (Lipinski definition) is 1. The van der Waals surface area contributed by atoms with Crippen LogP contribution in [0.25, 0.3) is 0 Å². The van der Waals surface area contributed by atoms with Gasteiger partial charge in [0.2, 0.25) is 5.91 Å². The summed E-state index contributed by atoms with van der Waals surface area (Å²) in [6, 6.07) is 10.0. The van der Waals surface area contributed by atoms with Crippen molar-refractivity contribution in [2.24, 2.45) is 29.1 Å². The van der Waals surface area contributed by atoms with Crippen molar-refractivity contribution in [1.29, 1.82) is 0 Å². The number of ether oxygens (including phenoxy) is 1. The third-order valence-electron chi connectivity index (χ3n) is 7.68. The van der Waals surface area contributed by atoms with Gasteiger partial charge in [-0.25, -0.2) is 0 Å². The van der Waals surface area contributed by atoms with Crippen molar-refractivity contribution in [2.75, 3.05) is 0 Å². The van der Waals surface area contributed by atoms with Crippen LogP contribution in [-0.4, -0.2) is 24.0 Å². The van der Waals surface area contributed by atoms with Crippen LogP contribution in [-0.2, 0) is 20.7 Å². The van der Waals surface area contributed by atoms with E-state index in [9.17, 15) is 9.59 Å². The molecule has 1 aromatic carbocycles. The van der Waals surface area contributed by atoms with E-state index in [1.165, 1.54) is 0 Å². The van der Waals surface area contributed by atoms with Crippen molar-refractivity contribution in [1.82, 2.24) is 5.32 Å². The average molecular weight is 370 g/mol. The van der Waals surface area contributed by atoms with E-state index in [0.29, 0.717) is 24.2 Å². The van der Waals surface area contributed by atoms with Crippen molar-refractivity contribution in [3.8, 4) is 0 Å². The minimum Gasteiger partial charge on any atom is -0.462 e. The number of nitrogens with one attached hydrogen (secondary N) is 1. The summed E-state index contributed by atoms with van der Waals surface area (Å²) in [5.74, 6) is 1.06. The molecule has 0 radical (unpaired) electrons. The van der Waals surface area contributed by atoms with Gasteiger partial charge in [0.1, 0.15) is 6.10 Å². The van der Waals surface area contributed by atoms with Crippen molar-refractivity contribution in [3.05, 3.63) is 35.9 Å². The van der Waals surface area contributed by atoms with Crippen LogP contribution in [0, 0.1) is 29.1 Å². The first-order chi connectivity index (χ1) is 12.9. The van der Waals surface area contributed by atoms with Crippen LogP contribution in [0.5, 0.6) is 0 Å². The maximum Gasteiger partial charge on any atom is 0.309 e. The van der Waals surface area contributed by atoms with Crippen molar-refractivity contribution in [3.63, 3.8) is 0 Å². The highest BCUT2D eigenvalue weighted by molar-refractivity contribution is 5.79. The molecule has 4 rings (SSSR count). The van der Waals surface area contributed by atoms with E-state index in [4.69, 9.17) is 4.74 Å². The monoisotopic (exact) mass is 369 g/mol. The Hall–Kier alpha value is -1.84. The quantitative estimate of drug-likeness (QED) is 0.826. The van der Waals surface area contributed by atoms with E-state index in [1.807, 2.05) is 37.3 Å². The number of rotatable bonds is 3. The Kier molecular flexibility index (Phi) is 4.77. The molecule has 0 aromatic heterocycles. The van der Waals surface area contributed by atoms with Gasteiger partial charge >= 0.3 is 5.97 Å². The summed E-state index contributed by atoms with van der Waals surface area (Å²) in [6.45, 7) is 6.63. The predicted octanol–water partition coefficient (Wildman–Crippen LogP) is 3.74. The van der Waals surface area contributed by atoms with Crippen molar-refractivity contribution in [2.45, 2.75) is 65.0 Å². The number of hydrogen-bond acceptors (Lipinski definition) is 3. The van der Waals surface area contributed by atoms with E-state index >= 15 is 0 Å². The Labute approximate surface area is 162 Å². The number of carbonyl (C=O) groups excluding carboxylic acids is 2. The molecule has 0 unspecified atom stereocenters. The lowest BCUT2D eigenvalue weighted by Crippen LogP contribution is -2.57. The molecule has 4 heteroatoms. The molecule has 3 fully saturated rings. The molecule has 0 spiro atoms. The Morgan fingerprint density at radius 2 is 1.89 bits per heavy atom. The van der Waals surface area contributed by atoms with Gasteiger partial charge in [0.25, 0.3) is 0 Å². The molecule has 0 bridgehead atoms. The first-order valence-corrected chi connectivity index (χ1v) is 10.4. The largest absolute Gasteiger partial charge is 0.462 e. The highest BCUT2D eigenvalue weighted by atomic mass is 16.6. The predicted molar refractivity (Wildman–Crippen MR) is 104 cm³/mol. The first kappa shape index (κ1) is 18.5. The minimum absolute atomic E-state index is 0.0137. The molecule has 146 valence electrons. The van der Waals surface area contributed by atoms with Crippen LogP contribution in [0.15, 0.2) is 30.3 Å². The average Bonchev–Trinajstić information content (AvgIpc) is 2.92. The van der Waals surface area contributed by atoms with Crippen molar-refractivity contribution < 1.29 is 14.3 Å². The Bertz CT molecular complexity index is 718. The van der Waals surface area contributed by atoms with Gasteiger partial charge in [-0.1, -0.05) is 51.1 Å². The van der Waals surface area contributed by atoms with Crippen LogP contribution in [0.3, 0.4) is 0 Å². The maximum atomic E-state index is 12.6. The van der Waals surface area contributed by atoms with Crippen LogP contribution < -0.4 is 5.32 Å². The molecular weight excluding hydrogens is 338 g/mol. The topological polar surface area (TPSA) is 55.4 Å². The summed E-state index contributed by atoms with van der Waals surface area (Å²) < 4.78 is 5.88. The molecule has 1 amide bonds. The van der Waals surface area contributed by atoms with E-state index in [-0.39, 0.29) is 35.4 Å². The molecule has 27 heavy (non-hydrogen) atoms.